The number of hydrogen-bond donors (Lipinski definition) is 1. The number of aliphatic hydroxyl groups is 1. The molecule has 0 radical (unpaired) electrons. The number of rotatable bonds is 10. The van der Waals surface area contributed by atoms with E-state index >= 15 is 0 Å². The first-order valence-corrected chi connectivity index (χ1v) is 6.13. The molecule has 1 N–H and O–H groups in total. The summed E-state index contributed by atoms with van der Waals surface area (Å²) in [6.45, 7) is 2.73. The van der Waals surface area contributed by atoms with E-state index in [1.807, 2.05) is 0 Å². The average Bonchev–Trinajstić information content (AvgIpc) is 3.14. The van der Waals surface area contributed by atoms with Gasteiger partial charge in [-0.15, -0.1) is 0 Å². The monoisotopic (exact) mass is 242 g/mol. The maximum atomic E-state index is 9.80. The standard InChI is InChI=1S/C12H22N2O3/c1-16-7-8-17-10-12(15)9-14(6-2-5-13)11-3-4-11/h11-12,15H,2-4,6-10H2,1H3. The SMILES string of the molecule is COCCOCC(O)CN(CCC#N)C1CC1. The lowest BCUT2D eigenvalue weighted by Gasteiger charge is -2.23. The second kappa shape index (κ2) is 8.43. The molecule has 0 aliphatic heterocycles. The van der Waals surface area contributed by atoms with Crippen LogP contribution >= 0.6 is 0 Å². The third kappa shape index (κ3) is 6.59. The molecule has 1 fully saturated rings. The Bertz CT molecular complexity index is 238. The van der Waals surface area contributed by atoms with Gasteiger partial charge < -0.3 is 14.6 Å². The van der Waals surface area contributed by atoms with Gasteiger partial charge in [0, 0.05) is 32.7 Å². The van der Waals surface area contributed by atoms with Crippen molar-refractivity contribution >= 4 is 0 Å². The number of ether oxygens (including phenoxy) is 2. The van der Waals surface area contributed by atoms with Crippen molar-refractivity contribution in [1.82, 2.24) is 4.90 Å². The largest absolute Gasteiger partial charge is 0.389 e. The fraction of sp³-hybridized carbons (Fsp3) is 0.917. The van der Waals surface area contributed by atoms with Crippen LogP contribution in [0.15, 0.2) is 0 Å². The minimum absolute atomic E-state index is 0.332. The fourth-order valence-corrected chi connectivity index (χ4v) is 1.74. The van der Waals surface area contributed by atoms with Crippen LogP contribution in [-0.4, -0.2) is 62.2 Å². The molecule has 5 heteroatoms. The van der Waals surface area contributed by atoms with Crippen LogP contribution < -0.4 is 0 Å². The van der Waals surface area contributed by atoms with Crippen LogP contribution in [0, 0.1) is 11.3 Å². The highest BCUT2D eigenvalue weighted by molar-refractivity contribution is 4.87. The third-order valence-corrected chi connectivity index (χ3v) is 2.76. The minimum Gasteiger partial charge on any atom is -0.389 e. The molecule has 5 nitrogen and oxygen atoms in total. The summed E-state index contributed by atoms with van der Waals surface area (Å²) in [5, 5.41) is 18.4. The third-order valence-electron chi connectivity index (χ3n) is 2.76. The van der Waals surface area contributed by atoms with E-state index in [-0.39, 0.29) is 0 Å². The summed E-state index contributed by atoms with van der Waals surface area (Å²) in [5.74, 6) is 0. The maximum absolute atomic E-state index is 9.80. The lowest BCUT2D eigenvalue weighted by molar-refractivity contribution is -0.00136. The highest BCUT2D eigenvalue weighted by Crippen LogP contribution is 2.26. The summed E-state index contributed by atoms with van der Waals surface area (Å²) >= 11 is 0. The van der Waals surface area contributed by atoms with Crippen molar-refractivity contribution in [2.75, 3.05) is 40.0 Å². The maximum Gasteiger partial charge on any atom is 0.0900 e. The molecule has 98 valence electrons. The van der Waals surface area contributed by atoms with Crippen LogP contribution in [0.2, 0.25) is 0 Å². The van der Waals surface area contributed by atoms with Gasteiger partial charge in [0.2, 0.25) is 0 Å². The van der Waals surface area contributed by atoms with Gasteiger partial charge >= 0.3 is 0 Å². The smallest absolute Gasteiger partial charge is 0.0900 e. The van der Waals surface area contributed by atoms with Crippen LogP contribution in [-0.2, 0) is 9.47 Å². The molecule has 0 aromatic heterocycles. The van der Waals surface area contributed by atoms with E-state index in [9.17, 15) is 5.11 Å². The van der Waals surface area contributed by atoms with E-state index in [1.54, 1.807) is 7.11 Å². The van der Waals surface area contributed by atoms with Crippen LogP contribution in [0.5, 0.6) is 0 Å². The van der Waals surface area contributed by atoms with E-state index in [0.717, 1.165) is 6.54 Å². The molecule has 1 rings (SSSR count). The van der Waals surface area contributed by atoms with E-state index < -0.39 is 6.10 Å². The zero-order valence-corrected chi connectivity index (χ0v) is 10.5. The second-order valence-corrected chi connectivity index (χ2v) is 4.36. The Morgan fingerprint density at radius 1 is 1.47 bits per heavy atom. The van der Waals surface area contributed by atoms with E-state index in [4.69, 9.17) is 14.7 Å². The number of hydrogen-bond acceptors (Lipinski definition) is 5. The lowest BCUT2D eigenvalue weighted by Crippen LogP contribution is -2.37. The predicted octanol–water partition coefficient (Wildman–Crippen LogP) is 0.388. The van der Waals surface area contributed by atoms with Gasteiger partial charge in [0.15, 0.2) is 0 Å². The highest BCUT2D eigenvalue weighted by Gasteiger charge is 2.29. The Kier molecular flexibility index (Phi) is 7.13. The van der Waals surface area contributed by atoms with Crippen molar-refractivity contribution in [3.05, 3.63) is 0 Å². The molecule has 0 bridgehead atoms. The minimum atomic E-state index is -0.480. The van der Waals surface area contributed by atoms with Gasteiger partial charge in [0.05, 0.1) is 32.0 Å². The van der Waals surface area contributed by atoms with Crippen molar-refractivity contribution < 1.29 is 14.6 Å². The van der Waals surface area contributed by atoms with E-state index in [2.05, 4.69) is 11.0 Å². The quantitative estimate of drug-likeness (QED) is 0.561. The van der Waals surface area contributed by atoms with Crippen molar-refractivity contribution in [1.29, 1.82) is 5.26 Å². The van der Waals surface area contributed by atoms with Crippen LogP contribution in [0.1, 0.15) is 19.3 Å². The molecular formula is C12H22N2O3. The van der Waals surface area contributed by atoms with E-state index in [1.165, 1.54) is 12.8 Å². The molecule has 1 aliphatic carbocycles. The Morgan fingerprint density at radius 3 is 2.82 bits per heavy atom. The Balaban J connectivity index is 2.12. The molecule has 17 heavy (non-hydrogen) atoms. The van der Waals surface area contributed by atoms with Gasteiger partial charge in [-0.05, 0) is 12.8 Å². The van der Waals surface area contributed by atoms with Gasteiger partial charge in [-0.2, -0.15) is 5.26 Å². The van der Waals surface area contributed by atoms with Gasteiger partial charge in [0.25, 0.3) is 0 Å². The molecule has 1 aliphatic rings. The Hall–Kier alpha value is -0.670. The molecular weight excluding hydrogens is 220 g/mol. The molecule has 0 amide bonds. The zero-order valence-electron chi connectivity index (χ0n) is 10.5. The van der Waals surface area contributed by atoms with Gasteiger partial charge in [-0.3, -0.25) is 4.90 Å². The number of methoxy groups -OCH3 is 1. The first-order chi connectivity index (χ1) is 8.27. The van der Waals surface area contributed by atoms with Crippen molar-refractivity contribution in [3.8, 4) is 6.07 Å². The highest BCUT2D eigenvalue weighted by atomic mass is 16.5. The summed E-state index contributed by atoms with van der Waals surface area (Å²) in [6, 6.07) is 2.71. The van der Waals surface area contributed by atoms with Gasteiger partial charge in [0.1, 0.15) is 0 Å². The molecule has 0 saturated heterocycles. The zero-order chi connectivity index (χ0) is 12.5. The Labute approximate surface area is 103 Å². The summed E-state index contributed by atoms with van der Waals surface area (Å²) in [7, 11) is 1.62. The topological polar surface area (TPSA) is 65.7 Å². The summed E-state index contributed by atoms with van der Waals surface area (Å²) in [4.78, 5) is 2.19. The van der Waals surface area contributed by atoms with Gasteiger partial charge in [-0.25, -0.2) is 0 Å². The van der Waals surface area contributed by atoms with E-state index in [0.29, 0.717) is 38.8 Å². The normalized spacial score (nSPS) is 17.1. The molecule has 1 atom stereocenters. The van der Waals surface area contributed by atoms with Crippen molar-refractivity contribution in [3.63, 3.8) is 0 Å². The molecule has 0 aromatic rings. The molecule has 1 saturated carbocycles. The predicted molar refractivity (Wildman–Crippen MR) is 63.5 cm³/mol. The average molecular weight is 242 g/mol. The number of aliphatic hydroxyl groups excluding tert-OH is 1. The summed E-state index contributed by atoms with van der Waals surface area (Å²) in [6.07, 6.45) is 2.41. The fourth-order valence-electron chi connectivity index (χ4n) is 1.74. The molecule has 0 spiro atoms. The Morgan fingerprint density at radius 2 is 2.24 bits per heavy atom. The molecule has 0 aromatic carbocycles. The van der Waals surface area contributed by atoms with Crippen molar-refractivity contribution in [2.45, 2.75) is 31.4 Å². The molecule has 1 unspecified atom stereocenters. The van der Waals surface area contributed by atoms with Crippen LogP contribution in [0.25, 0.3) is 0 Å². The summed E-state index contributed by atoms with van der Waals surface area (Å²) in [5.41, 5.74) is 0. The van der Waals surface area contributed by atoms with Crippen molar-refractivity contribution in [2.24, 2.45) is 0 Å². The second-order valence-electron chi connectivity index (χ2n) is 4.36. The summed E-state index contributed by atoms with van der Waals surface area (Å²) < 4.78 is 10.1. The number of nitriles is 1. The van der Waals surface area contributed by atoms with Crippen LogP contribution in [0.4, 0.5) is 0 Å². The molecule has 0 heterocycles. The number of nitrogens with zero attached hydrogens (tertiary/aromatic N) is 2. The first kappa shape index (κ1) is 14.4. The lowest BCUT2D eigenvalue weighted by atomic mass is 10.3. The van der Waals surface area contributed by atoms with Gasteiger partial charge in [-0.1, -0.05) is 0 Å². The van der Waals surface area contributed by atoms with Crippen LogP contribution in [0.3, 0.4) is 0 Å². The first-order valence-electron chi connectivity index (χ1n) is 6.13.